The molecule has 1 aromatic carbocycles. The summed E-state index contributed by atoms with van der Waals surface area (Å²) < 4.78 is 7.45. The summed E-state index contributed by atoms with van der Waals surface area (Å²) in [4.78, 5) is 4.34. The summed E-state index contributed by atoms with van der Waals surface area (Å²) in [5.41, 5.74) is 1.74. The van der Waals surface area contributed by atoms with Gasteiger partial charge in [-0.15, -0.1) is 0 Å². The van der Waals surface area contributed by atoms with Crippen LogP contribution < -0.4 is 4.74 Å². The third kappa shape index (κ3) is 1.22. The Morgan fingerprint density at radius 3 is 3.07 bits per heavy atom. The van der Waals surface area contributed by atoms with Crippen LogP contribution in [0.1, 0.15) is 5.56 Å². The molecule has 0 amide bonds. The fourth-order valence-electron chi connectivity index (χ4n) is 1.55. The SMILES string of the molecule is Cn1ncc2c1Oc1ccccc1N=C2. The van der Waals surface area contributed by atoms with E-state index in [1.54, 1.807) is 17.1 Å². The van der Waals surface area contributed by atoms with Crippen molar-refractivity contribution in [2.24, 2.45) is 12.0 Å². The first-order chi connectivity index (χ1) is 7.34. The number of aliphatic imine (C=N–C) groups is 1. The second-order valence-corrected chi connectivity index (χ2v) is 3.36. The minimum absolute atomic E-state index is 0.726. The van der Waals surface area contributed by atoms with Crippen LogP contribution in [0.2, 0.25) is 0 Å². The van der Waals surface area contributed by atoms with Crippen molar-refractivity contribution in [2.45, 2.75) is 0 Å². The molecule has 0 fully saturated rings. The van der Waals surface area contributed by atoms with E-state index in [1.165, 1.54) is 0 Å². The molecule has 2 heterocycles. The molecule has 1 aliphatic rings. The highest BCUT2D eigenvalue weighted by atomic mass is 16.5. The fraction of sp³-hybridized carbons (Fsp3) is 0.0909. The molecule has 0 saturated carbocycles. The van der Waals surface area contributed by atoms with E-state index in [9.17, 15) is 0 Å². The molecular weight excluding hydrogens is 190 g/mol. The van der Waals surface area contributed by atoms with Crippen LogP contribution in [0.25, 0.3) is 0 Å². The van der Waals surface area contributed by atoms with Gasteiger partial charge in [-0.25, -0.2) is 4.68 Å². The van der Waals surface area contributed by atoms with Crippen LogP contribution in [-0.2, 0) is 7.05 Å². The van der Waals surface area contributed by atoms with Gasteiger partial charge in [-0.1, -0.05) is 12.1 Å². The van der Waals surface area contributed by atoms with Gasteiger partial charge in [-0.3, -0.25) is 4.99 Å². The molecule has 4 heteroatoms. The molecule has 0 spiro atoms. The number of ether oxygens (including phenoxy) is 1. The molecule has 74 valence electrons. The quantitative estimate of drug-likeness (QED) is 0.557. The molecule has 4 nitrogen and oxygen atoms in total. The average Bonchev–Trinajstić information content (AvgIpc) is 2.51. The van der Waals surface area contributed by atoms with Crippen LogP contribution in [0, 0.1) is 0 Å². The molecule has 0 unspecified atom stereocenters. The van der Waals surface area contributed by atoms with Crippen molar-refractivity contribution in [1.29, 1.82) is 0 Å². The molecule has 3 rings (SSSR count). The minimum Gasteiger partial charge on any atom is -0.436 e. The first-order valence-corrected chi connectivity index (χ1v) is 4.67. The van der Waals surface area contributed by atoms with Gasteiger partial charge in [0.2, 0.25) is 5.88 Å². The van der Waals surface area contributed by atoms with Gasteiger partial charge in [0.1, 0.15) is 5.69 Å². The van der Waals surface area contributed by atoms with Gasteiger partial charge in [-0.05, 0) is 12.1 Å². The van der Waals surface area contributed by atoms with Crippen LogP contribution in [-0.4, -0.2) is 16.0 Å². The number of aryl methyl sites for hydroxylation is 1. The highest BCUT2D eigenvalue weighted by Crippen LogP contribution is 2.34. The van der Waals surface area contributed by atoms with Crippen molar-refractivity contribution >= 4 is 11.9 Å². The molecule has 0 saturated heterocycles. The summed E-state index contributed by atoms with van der Waals surface area (Å²) in [6.45, 7) is 0. The van der Waals surface area contributed by atoms with Gasteiger partial charge in [0, 0.05) is 13.3 Å². The zero-order valence-corrected chi connectivity index (χ0v) is 8.21. The Morgan fingerprint density at radius 1 is 1.27 bits per heavy atom. The standard InChI is InChI=1S/C11H9N3O/c1-14-11-8(7-13-14)6-12-9-4-2-3-5-10(9)15-11/h2-7H,1H3. The Labute approximate surface area is 86.8 Å². The molecule has 1 aliphatic heterocycles. The smallest absolute Gasteiger partial charge is 0.226 e. The molecule has 0 atom stereocenters. The van der Waals surface area contributed by atoms with Crippen LogP contribution in [0.3, 0.4) is 0 Å². The zero-order valence-electron chi connectivity index (χ0n) is 8.21. The summed E-state index contributed by atoms with van der Waals surface area (Å²) >= 11 is 0. The first kappa shape index (κ1) is 8.23. The van der Waals surface area contributed by atoms with Crippen molar-refractivity contribution in [2.75, 3.05) is 0 Å². The molecule has 0 aliphatic carbocycles. The minimum atomic E-state index is 0.726. The summed E-state index contributed by atoms with van der Waals surface area (Å²) in [7, 11) is 1.85. The molecule has 0 radical (unpaired) electrons. The van der Waals surface area contributed by atoms with E-state index in [4.69, 9.17) is 4.74 Å². The van der Waals surface area contributed by atoms with E-state index in [0.29, 0.717) is 0 Å². The lowest BCUT2D eigenvalue weighted by molar-refractivity contribution is 0.432. The number of aromatic nitrogens is 2. The van der Waals surface area contributed by atoms with Gasteiger partial charge < -0.3 is 4.74 Å². The van der Waals surface area contributed by atoms with Crippen LogP contribution in [0.15, 0.2) is 35.5 Å². The van der Waals surface area contributed by atoms with Crippen molar-refractivity contribution in [3.63, 3.8) is 0 Å². The highest BCUT2D eigenvalue weighted by Gasteiger charge is 2.14. The summed E-state index contributed by atoms with van der Waals surface area (Å²) in [6.07, 6.45) is 3.51. The summed E-state index contributed by atoms with van der Waals surface area (Å²) in [5, 5.41) is 4.11. The normalized spacial score (nSPS) is 12.6. The Hall–Kier alpha value is -2.10. The van der Waals surface area contributed by atoms with Gasteiger partial charge >= 0.3 is 0 Å². The van der Waals surface area contributed by atoms with Crippen molar-refractivity contribution in [1.82, 2.24) is 9.78 Å². The van der Waals surface area contributed by atoms with Crippen LogP contribution >= 0.6 is 0 Å². The van der Waals surface area contributed by atoms with Gasteiger partial charge in [0.25, 0.3) is 0 Å². The highest BCUT2D eigenvalue weighted by molar-refractivity contribution is 5.86. The fourth-order valence-corrected chi connectivity index (χ4v) is 1.55. The topological polar surface area (TPSA) is 39.4 Å². The Balaban J connectivity index is 2.20. The lowest BCUT2D eigenvalue weighted by Gasteiger charge is -2.06. The number of hydrogen-bond donors (Lipinski definition) is 0. The predicted molar refractivity (Wildman–Crippen MR) is 57.0 cm³/mol. The molecule has 2 aromatic rings. The molecule has 0 N–H and O–H groups in total. The number of rotatable bonds is 0. The Bertz CT molecular complexity index is 543. The van der Waals surface area contributed by atoms with E-state index in [0.717, 1.165) is 22.9 Å². The number of fused-ring (bicyclic) bond motifs is 2. The van der Waals surface area contributed by atoms with E-state index in [-0.39, 0.29) is 0 Å². The van der Waals surface area contributed by atoms with Crippen LogP contribution in [0.5, 0.6) is 11.6 Å². The van der Waals surface area contributed by atoms with Crippen molar-refractivity contribution in [3.05, 3.63) is 36.0 Å². The molecule has 1 aromatic heterocycles. The number of para-hydroxylation sites is 2. The van der Waals surface area contributed by atoms with E-state index < -0.39 is 0 Å². The number of hydrogen-bond acceptors (Lipinski definition) is 3. The predicted octanol–water partition coefficient (Wildman–Crippen LogP) is 2.28. The van der Waals surface area contributed by atoms with Gasteiger partial charge in [0.05, 0.1) is 11.8 Å². The largest absolute Gasteiger partial charge is 0.436 e. The second-order valence-electron chi connectivity index (χ2n) is 3.36. The molecule has 15 heavy (non-hydrogen) atoms. The lowest BCUT2D eigenvalue weighted by Crippen LogP contribution is -1.95. The average molecular weight is 199 g/mol. The first-order valence-electron chi connectivity index (χ1n) is 4.67. The molecular formula is C11H9N3O. The van der Waals surface area contributed by atoms with Crippen molar-refractivity contribution < 1.29 is 4.74 Å². The zero-order chi connectivity index (χ0) is 10.3. The maximum Gasteiger partial charge on any atom is 0.226 e. The Kier molecular flexibility index (Phi) is 1.62. The van der Waals surface area contributed by atoms with Gasteiger partial charge in [-0.2, -0.15) is 5.10 Å². The number of nitrogens with zero attached hydrogens (tertiary/aromatic N) is 3. The van der Waals surface area contributed by atoms with Crippen molar-refractivity contribution in [3.8, 4) is 11.6 Å². The Morgan fingerprint density at radius 2 is 2.13 bits per heavy atom. The maximum atomic E-state index is 5.75. The van der Waals surface area contributed by atoms with Gasteiger partial charge in [0.15, 0.2) is 5.75 Å². The number of benzene rings is 1. The summed E-state index contributed by atoms with van der Waals surface area (Å²) in [6, 6.07) is 7.68. The molecule has 0 bridgehead atoms. The van der Waals surface area contributed by atoms with E-state index in [2.05, 4.69) is 10.1 Å². The third-order valence-electron chi connectivity index (χ3n) is 2.33. The van der Waals surface area contributed by atoms with E-state index in [1.807, 2.05) is 31.3 Å². The van der Waals surface area contributed by atoms with E-state index >= 15 is 0 Å². The third-order valence-corrected chi connectivity index (χ3v) is 2.33. The maximum absolute atomic E-state index is 5.75. The second kappa shape index (κ2) is 2.95. The monoisotopic (exact) mass is 199 g/mol. The lowest BCUT2D eigenvalue weighted by atomic mass is 10.3. The van der Waals surface area contributed by atoms with Crippen LogP contribution in [0.4, 0.5) is 5.69 Å². The summed E-state index contributed by atoms with van der Waals surface area (Å²) in [5.74, 6) is 1.49.